The molecule has 0 spiro atoms. The van der Waals surface area contributed by atoms with Gasteiger partial charge in [-0.05, 0) is 36.4 Å². The van der Waals surface area contributed by atoms with Gasteiger partial charge in [-0.3, -0.25) is 9.48 Å². The van der Waals surface area contributed by atoms with Crippen LogP contribution in [0.25, 0.3) is 10.9 Å². The van der Waals surface area contributed by atoms with Crippen LogP contribution in [0, 0.1) is 0 Å². The Balaban J connectivity index is 1.59. The molecule has 2 aromatic heterocycles. The highest BCUT2D eigenvalue weighted by Gasteiger charge is 2.07. The molecule has 0 radical (unpaired) electrons. The summed E-state index contributed by atoms with van der Waals surface area (Å²) in [4.78, 5) is 20.0. The summed E-state index contributed by atoms with van der Waals surface area (Å²) < 4.78 is 1.82. The average molecular weight is 359 g/mol. The highest BCUT2D eigenvalue weighted by atomic mass is 16.1. The number of carbonyl (C=O) groups is 1. The summed E-state index contributed by atoms with van der Waals surface area (Å²) in [7, 11) is 1.90. The third-order valence-corrected chi connectivity index (χ3v) is 4.11. The molecule has 0 bridgehead atoms. The first kappa shape index (κ1) is 16.5. The van der Waals surface area contributed by atoms with Gasteiger partial charge in [-0.2, -0.15) is 10.1 Å². The summed E-state index contributed by atoms with van der Waals surface area (Å²) in [6, 6.07) is 14.6. The molecule has 4 aromatic rings. The van der Waals surface area contributed by atoms with Crippen molar-refractivity contribution in [1.29, 1.82) is 0 Å². The number of hydrogen-bond donors (Lipinski definition) is 3. The van der Waals surface area contributed by atoms with Crippen molar-refractivity contribution in [2.24, 2.45) is 12.8 Å². The van der Waals surface area contributed by atoms with Crippen molar-refractivity contribution in [1.82, 2.24) is 19.7 Å². The Bertz CT molecular complexity index is 1140. The SMILES string of the molecule is Cn1ncc2c(Nc3ccnc(Nc4cccc(C(N)=O)c4)n3)cccc21. The number of anilines is 4. The third kappa shape index (κ3) is 3.40. The summed E-state index contributed by atoms with van der Waals surface area (Å²) in [5, 5.41) is 11.7. The normalized spacial score (nSPS) is 10.7. The minimum atomic E-state index is -0.487. The Morgan fingerprint density at radius 3 is 2.81 bits per heavy atom. The van der Waals surface area contributed by atoms with E-state index in [1.54, 1.807) is 30.5 Å². The van der Waals surface area contributed by atoms with Crippen LogP contribution in [0.3, 0.4) is 0 Å². The molecule has 0 saturated carbocycles. The van der Waals surface area contributed by atoms with Crippen molar-refractivity contribution < 1.29 is 4.79 Å². The van der Waals surface area contributed by atoms with Gasteiger partial charge in [0.2, 0.25) is 11.9 Å². The molecule has 0 aliphatic carbocycles. The first-order valence-corrected chi connectivity index (χ1v) is 8.28. The average Bonchev–Trinajstić information content (AvgIpc) is 3.04. The van der Waals surface area contributed by atoms with E-state index in [0.717, 1.165) is 16.6 Å². The number of aromatic nitrogens is 4. The molecule has 0 aliphatic heterocycles. The van der Waals surface area contributed by atoms with Crippen molar-refractivity contribution in [3.05, 3.63) is 66.5 Å². The number of nitrogens with one attached hydrogen (secondary N) is 2. The topological polar surface area (TPSA) is 111 Å². The first-order valence-electron chi connectivity index (χ1n) is 8.28. The van der Waals surface area contributed by atoms with Crippen LogP contribution in [0.15, 0.2) is 60.9 Å². The number of hydrogen-bond acceptors (Lipinski definition) is 6. The fourth-order valence-corrected chi connectivity index (χ4v) is 2.79. The lowest BCUT2D eigenvalue weighted by molar-refractivity contribution is 0.100. The van der Waals surface area contributed by atoms with Crippen LogP contribution in [0.2, 0.25) is 0 Å². The van der Waals surface area contributed by atoms with Gasteiger partial charge in [0.05, 0.1) is 17.4 Å². The largest absolute Gasteiger partial charge is 0.366 e. The zero-order valence-electron chi connectivity index (χ0n) is 14.5. The Labute approximate surface area is 155 Å². The molecule has 0 fully saturated rings. The molecule has 0 aliphatic rings. The lowest BCUT2D eigenvalue weighted by Crippen LogP contribution is -2.11. The molecule has 8 nitrogen and oxygen atoms in total. The van der Waals surface area contributed by atoms with E-state index in [1.807, 2.05) is 42.2 Å². The molecule has 4 rings (SSSR count). The van der Waals surface area contributed by atoms with E-state index in [1.165, 1.54) is 0 Å². The molecule has 0 atom stereocenters. The van der Waals surface area contributed by atoms with Crippen LogP contribution in [0.5, 0.6) is 0 Å². The van der Waals surface area contributed by atoms with Gasteiger partial charge in [0, 0.05) is 29.9 Å². The lowest BCUT2D eigenvalue weighted by Gasteiger charge is -2.10. The Morgan fingerprint density at radius 2 is 1.96 bits per heavy atom. The maximum absolute atomic E-state index is 11.3. The number of fused-ring (bicyclic) bond motifs is 1. The monoisotopic (exact) mass is 359 g/mol. The van der Waals surface area contributed by atoms with E-state index in [9.17, 15) is 4.79 Å². The molecule has 1 amide bonds. The molecular formula is C19H17N7O. The standard InChI is InChI=1S/C19H17N7O/c1-26-16-7-3-6-15(14(16)11-22-26)24-17-8-9-21-19(25-17)23-13-5-2-4-12(10-13)18(20)27/h2-11H,1H3,(H2,20,27)(H2,21,23,24,25). The Hall–Kier alpha value is -3.94. The molecule has 0 saturated heterocycles. The molecule has 2 aromatic carbocycles. The second-order valence-corrected chi connectivity index (χ2v) is 5.97. The second-order valence-electron chi connectivity index (χ2n) is 5.97. The first-order chi connectivity index (χ1) is 13.1. The van der Waals surface area contributed by atoms with E-state index in [0.29, 0.717) is 23.0 Å². The van der Waals surface area contributed by atoms with E-state index < -0.39 is 5.91 Å². The molecular weight excluding hydrogens is 342 g/mol. The maximum atomic E-state index is 11.3. The van der Waals surface area contributed by atoms with Crippen LogP contribution < -0.4 is 16.4 Å². The van der Waals surface area contributed by atoms with Crippen molar-refractivity contribution in [2.45, 2.75) is 0 Å². The number of amides is 1. The number of rotatable bonds is 5. The summed E-state index contributed by atoms with van der Waals surface area (Å²) in [6.07, 6.45) is 3.46. The molecule has 2 heterocycles. The van der Waals surface area contributed by atoms with Crippen LogP contribution in [-0.4, -0.2) is 25.7 Å². The minimum Gasteiger partial charge on any atom is -0.366 e. The van der Waals surface area contributed by atoms with Gasteiger partial charge in [-0.25, -0.2) is 4.98 Å². The molecule has 8 heteroatoms. The maximum Gasteiger partial charge on any atom is 0.248 e. The zero-order chi connectivity index (χ0) is 18.8. The lowest BCUT2D eigenvalue weighted by atomic mass is 10.2. The number of nitrogens with zero attached hydrogens (tertiary/aromatic N) is 4. The highest BCUT2D eigenvalue weighted by molar-refractivity contribution is 5.94. The number of nitrogens with two attached hydrogens (primary N) is 1. The van der Waals surface area contributed by atoms with E-state index >= 15 is 0 Å². The zero-order valence-corrected chi connectivity index (χ0v) is 14.5. The van der Waals surface area contributed by atoms with Gasteiger partial charge in [0.15, 0.2) is 0 Å². The summed E-state index contributed by atoms with van der Waals surface area (Å²) in [6.45, 7) is 0. The quantitative estimate of drug-likeness (QED) is 0.505. The second kappa shape index (κ2) is 6.75. The van der Waals surface area contributed by atoms with Crippen molar-refractivity contribution in [2.75, 3.05) is 10.6 Å². The van der Waals surface area contributed by atoms with Gasteiger partial charge < -0.3 is 16.4 Å². The van der Waals surface area contributed by atoms with Crippen LogP contribution >= 0.6 is 0 Å². The van der Waals surface area contributed by atoms with Crippen molar-refractivity contribution in [3.63, 3.8) is 0 Å². The van der Waals surface area contributed by atoms with Crippen molar-refractivity contribution >= 4 is 40.0 Å². The van der Waals surface area contributed by atoms with Gasteiger partial charge in [0.25, 0.3) is 0 Å². The highest BCUT2D eigenvalue weighted by Crippen LogP contribution is 2.25. The van der Waals surface area contributed by atoms with Gasteiger partial charge in [0.1, 0.15) is 5.82 Å². The van der Waals surface area contributed by atoms with Crippen LogP contribution in [0.1, 0.15) is 10.4 Å². The summed E-state index contributed by atoms with van der Waals surface area (Å²) in [5.74, 6) is 0.550. The number of primary amides is 1. The number of carbonyl (C=O) groups excluding carboxylic acids is 1. The van der Waals surface area contributed by atoms with Gasteiger partial charge >= 0.3 is 0 Å². The molecule has 0 unspecified atom stereocenters. The number of aryl methyl sites for hydroxylation is 1. The molecule has 134 valence electrons. The van der Waals surface area contributed by atoms with Crippen molar-refractivity contribution in [3.8, 4) is 0 Å². The summed E-state index contributed by atoms with van der Waals surface area (Å²) >= 11 is 0. The molecule has 27 heavy (non-hydrogen) atoms. The van der Waals surface area contributed by atoms with E-state index in [2.05, 4.69) is 25.7 Å². The Kier molecular flexibility index (Phi) is 4.13. The summed E-state index contributed by atoms with van der Waals surface area (Å²) in [5.41, 5.74) is 8.34. The predicted octanol–water partition coefficient (Wildman–Crippen LogP) is 2.95. The van der Waals surface area contributed by atoms with Gasteiger partial charge in [-0.1, -0.05) is 12.1 Å². The van der Waals surface area contributed by atoms with Gasteiger partial charge in [-0.15, -0.1) is 0 Å². The molecule has 4 N–H and O–H groups in total. The van der Waals surface area contributed by atoms with E-state index in [-0.39, 0.29) is 0 Å². The smallest absolute Gasteiger partial charge is 0.248 e. The Morgan fingerprint density at radius 1 is 1.11 bits per heavy atom. The fourth-order valence-electron chi connectivity index (χ4n) is 2.79. The van der Waals surface area contributed by atoms with E-state index in [4.69, 9.17) is 5.73 Å². The number of benzene rings is 2. The van der Waals surface area contributed by atoms with Crippen LogP contribution in [-0.2, 0) is 7.05 Å². The minimum absolute atomic E-state index is 0.403. The fraction of sp³-hybridized carbons (Fsp3) is 0.0526. The van der Waals surface area contributed by atoms with Crippen LogP contribution in [0.4, 0.5) is 23.1 Å². The third-order valence-electron chi connectivity index (χ3n) is 4.11. The predicted molar refractivity (Wildman–Crippen MR) is 104 cm³/mol.